The highest BCUT2D eigenvalue weighted by Gasteiger charge is 2.23. The highest BCUT2D eigenvalue weighted by Crippen LogP contribution is 2.16. The van der Waals surface area contributed by atoms with Crippen molar-refractivity contribution in [2.75, 3.05) is 0 Å². The molecule has 0 unspecified atom stereocenters. The first-order valence-electron chi connectivity index (χ1n) is 4.66. The van der Waals surface area contributed by atoms with Crippen molar-refractivity contribution in [1.82, 2.24) is 0 Å². The third-order valence-electron chi connectivity index (χ3n) is 1.78. The Kier molecular flexibility index (Phi) is 3.80. The van der Waals surface area contributed by atoms with Crippen molar-refractivity contribution in [1.29, 1.82) is 0 Å². The first-order valence-corrected chi connectivity index (χ1v) is 4.66. The van der Waals surface area contributed by atoms with E-state index in [9.17, 15) is 4.79 Å². The monoisotopic (exact) mass is 203 g/mol. The third-order valence-corrected chi connectivity index (χ3v) is 1.78. The number of nitrogens with zero attached hydrogens (tertiary/aromatic N) is 1. The number of allylic oxidation sites excluding steroid dienone is 4. The van der Waals surface area contributed by atoms with E-state index in [2.05, 4.69) is 11.6 Å². The Hall–Kier alpha value is -1.90. The first kappa shape index (κ1) is 11.2. The van der Waals surface area contributed by atoms with Crippen LogP contribution in [-0.4, -0.2) is 11.9 Å². The smallest absolute Gasteiger partial charge is 0.363 e. The third kappa shape index (κ3) is 2.53. The van der Waals surface area contributed by atoms with Crippen LogP contribution >= 0.6 is 0 Å². The highest BCUT2D eigenvalue weighted by molar-refractivity contribution is 6.12. The van der Waals surface area contributed by atoms with Crippen molar-refractivity contribution in [3.05, 3.63) is 48.2 Å². The van der Waals surface area contributed by atoms with E-state index < -0.39 is 5.97 Å². The number of ether oxygens (including phenoxy) is 1. The molecule has 0 N–H and O–H groups in total. The Balaban J connectivity index is 3.03. The lowest BCUT2D eigenvalue weighted by atomic mass is 10.2. The van der Waals surface area contributed by atoms with Crippen molar-refractivity contribution >= 4 is 11.9 Å². The topological polar surface area (TPSA) is 38.7 Å². The Bertz CT molecular complexity index is 398. The predicted octanol–water partition coefficient (Wildman–Crippen LogP) is 2.53. The van der Waals surface area contributed by atoms with E-state index >= 15 is 0 Å². The molecule has 0 bridgehead atoms. The van der Waals surface area contributed by atoms with E-state index in [1.54, 1.807) is 25.2 Å². The summed E-state index contributed by atoms with van der Waals surface area (Å²) in [7, 11) is 0. The number of esters is 1. The standard InChI is InChI=1S/C12H13NO2/c1-4-7-9(8-5-2)11-13-10(6-3)12(14)15-11/h4-8H,1H2,2-3H3/b8-5-,9-7+,10-6+. The van der Waals surface area contributed by atoms with Crippen molar-refractivity contribution in [3.8, 4) is 0 Å². The summed E-state index contributed by atoms with van der Waals surface area (Å²) in [5.74, 6) is -0.0851. The van der Waals surface area contributed by atoms with Crippen molar-refractivity contribution in [2.24, 2.45) is 4.99 Å². The first-order chi connectivity index (χ1) is 7.22. The number of carbonyl (C=O) groups excluding carboxylic acids is 1. The van der Waals surface area contributed by atoms with Crippen LogP contribution in [0.5, 0.6) is 0 Å². The number of carbonyl (C=O) groups is 1. The number of hydrogen-bond donors (Lipinski definition) is 0. The van der Waals surface area contributed by atoms with Gasteiger partial charge in [0.15, 0.2) is 0 Å². The van der Waals surface area contributed by atoms with Gasteiger partial charge in [0, 0.05) is 5.57 Å². The lowest BCUT2D eigenvalue weighted by Crippen LogP contribution is -2.05. The molecule has 15 heavy (non-hydrogen) atoms. The van der Waals surface area contributed by atoms with Crippen LogP contribution in [0.4, 0.5) is 0 Å². The minimum absolute atomic E-state index is 0.325. The summed E-state index contributed by atoms with van der Waals surface area (Å²) in [5, 5.41) is 0. The van der Waals surface area contributed by atoms with E-state index in [1.165, 1.54) is 0 Å². The van der Waals surface area contributed by atoms with Gasteiger partial charge in [-0.2, -0.15) is 0 Å². The summed E-state index contributed by atoms with van der Waals surface area (Å²) < 4.78 is 5.01. The second-order valence-corrected chi connectivity index (χ2v) is 2.84. The zero-order valence-electron chi connectivity index (χ0n) is 8.86. The van der Waals surface area contributed by atoms with E-state index in [4.69, 9.17) is 4.74 Å². The summed E-state index contributed by atoms with van der Waals surface area (Å²) in [5.41, 5.74) is 1.07. The van der Waals surface area contributed by atoms with Gasteiger partial charge in [-0.15, -0.1) is 0 Å². The van der Waals surface area contributed by atoms with Crippen LogP contribution in [0.3, 0.4) is 0 Å². The molecule has 1 heterocycles. The molecule has 0 saturated carbocycles. The normalized spacial score (nSPS) is 19.6. The minimum atomic E-state index is -0.410. The predicted molar refractivity (Wildman–Crippen MR) is 60.4 cm³/mol. The summed E-state index contributed by atoms with van der Waals surface area (Å²) in [6.45, 7) is 7.22. The average molecular weight is 203 g/mol. The lowest BCUT2D eigenvalue weighted by Gasteiger charge is -1.98. The maximum Gasteiger partial charge on any atom is 0.363 e. The number of rotatable bonds is 3. The second-order valence-electron chi connectivity index (χ2n) is 2.84. The van der Waals surface area contributed by atoms with Gasteiger partial charge in [-0.05, 0) is 13.8 Å². The molecule has 1 aliphatic rings. The van der Waals surface area contributed by atoms with Gasteiger partial charge in [0.2, 0.25) is 5.90 Å². The zero-order valence-corrected chi connectivity index (χ0v) is 8.86. The molecule has 1 rings (SSSR count). The lowest BCUT2D eigenvalue weighted by molar-refractivity contribution is -0.130. The van der Waals surface area contributed by atoms with Crippen molar-refractivity contribution < 1.29 is 9.53 Å². The molecule has 0 atom stereocenters. The van der Waals surface area contributed by atoms with Crippen LogP contribution in [-0.2, 0) is 9.53 Å². The number of cyclic esters (lactones) is 1. The molecular weight excluding hydrogens is 190 g/mol. The Morgan fingerprint density at radius 3 is 2.67 bits per heavy atom. The molecule has 0 amide bonds. The van der Waals surface area contributed by atoms with Crippen LogP contribution in [0.25, 0.3) is 0 Å². The number of aliphatic imine (C=N–C) groups is 1. The fourth-order valence-electron chi connectivity index (χ4n) is 1.13. The molecule has 0 saturated heterocycles. The summed E-state index contributed by atoms with van der Waals surface area (Å²) in [6.07, 6.45) is 8.65. The molecule has 0 radical (unpaired) electrons. The quantitative estimate of drug-likeness (QED) is 0.401. The fourth-order valence-corrected chi connectivity index (χ4v) is 1.13. The van der Waals surface area contributed by atoms with Crippen LogP contribution in [0.15, 0.2) is 53.2 Å². The Morgan fingerprint density at radius 1 is 1.47 bits per heavy atom. The van der Waals surface area contributed by atoms with Gasteiger partial charge < -0.3 is 4.74 Å². The van der Waals surface area contributed by atoms with Gasteiger partial charge in [-0.1, -0.05) is 37.0 Å². The van der Waals surface area contributed by atoms with Crippen LogP contribution in [0, 0.1) is 0 Å². The largest absolute Gasteiger partial charge is 0.402 e. The van der Waals surface area contributed by atoms with Gasteiger partial charge in [0.05, 0.1) is 0 Å². The Morgan fingerprint density at radius 2 is 2.20 bits per heavy atom. The molecule has 0 aromatic carbocycles. The van der Waals surface area contributed by atoms with Gasteiger partial charge in [0.25, 0.3) is 0 Å². The zero-order chi connectivity index (χ0) is 11.3. The highest BCUT2D eigenvalue weighted by atomic mass is 16.6. The van der Waals surface area contributed by atoms with Crippen LogP contribution in [0.1, 0.15) is 13.8 Å². The molecular formula is C12H13NO2. The Labute approximate surface area is 89.2 Å². The van der Waals surface area contributed by atoms with Crippen LogP contribution < -0.4 is 0 Å². The molecule has 0 spiro atoms. The molecule has 3 heteroatoms. The van der Waals surface area contributed by atoms with E-state index in [-0.39, 0.29) is 0 Å². The maximum atomic E-state index is 11.2. The average Bonchev–Trinajstić information content (AvgIpc) is 2.59. The molecule has 0 aromatic heterocycles. The van der Waals surface area contributed by atoms with E-state index in [0.29, 0.717) is 11.6 Å². The van der Waals surface area contributed by atoms with Gasteiger partial charge >= 0.3 is 5.97 Å². The number of hydrogen-bond acceptors (Lipinski definition) is 3. The van der Waals surface area contributed by atoms with E-state index in [0.717, 1.165) is 5.57 Å². The molecule has 78 valence electrons. The van der Waals surface area contributed by atoms with Crippen molar-refractivity contribution in [2.45, 2.75) is 13.8 Å². The summed E-state index contributed by atoms with van der Waals surface area (Å²) >= 11 is 0. The van der Waals surface area contributed by atoms with Gasteiger partial charge in [0.1, 0.15) is 5.70 Å². The minimum Gasteiger partial charge on any atom is -0.402 e. The summed E-state index contributed by atoms with van der Waals surface area (Å²) in [4.78, 5) is 15.3. The summed E-state index contributed by atoms with van der Waals surface area (Å²) in [6, 6.07) is 0. The van der Waals surface area contributed by atoms with Gasteiger partial charge in [-0.3, -0.25) is 0 Å². The molecule has 3 nitrogen and oxygen atoms in total. The fraction of sp³-hybridized carbons (Fsp3) is 0.167. The van der Waals surface area contributed by atoms with Crippen molar-refractivity contribution in [3.63, 3.8) is 0 Å². The molecule has 0 aromatic rings. The second kappa shape index (κ2) is 5.10. The van der Waals surface area contributed by atoms with Crippen LogP contribution in [0.2, 0.25) is 0 Å². The van der Waals surface area contributed by atoms with Gasteiger partial charge in [-0.25, -0.2) is 9.79 Å². The molecule has 0 fully saturated rings. The molecule has 0 aliphatic carbocycles. The maximum absolute atomic E-state index is 11.2. The van der Waals surface area contributed by atoms with E-state index in [1.807, 2.05) is 19.1 Å². The molecule has 1 aliphatic heterocycles. The SMILES string of the molecule is C=C/C=C(\C=C/C)C1=N/C(=C/C)C(=O)O1.